The average Bonchev–Trinajstić information content (AvgIpc) is 3.39. The van der Waals surface area contributed by atoms with Gasteiger partial charge in [0, 0.05) is 38.0 Å². The molecule has 0 bridgehead atoms. The van der Waals surface area contributed by atoms with Crippen LogP contribution in [0.3, 0.4) is 0 Å². The van der Waals surface area contributed by atoms with E-state index in [2.05, 4.69) is 35.0 Å². The summed E-state index contributed by atoms with van der Waals surface area (Å²) in [5.41, 5.74) is 5.67. The van der Waals surface area contributed by atoms with Crippen molar-refractivity contribution in [1.29, 1.82) is 0 Å². The Labute approximate surface area is 174 Å². The molecule has 8 nitrogen and oxygen atoms in total. The minimum Gasteiger partial charge on any atom is -0.388 e. The van der Waals surface area contributed by atoms with Crippen LogP contribution in [0, 0.1) is 6.92 Å². The fourth-order valence-electron chi connectivity index (χ4n) is 3.88. The second-order valence-corrected chi connectivity index (χ2v) is 7.53. The first-order chi connectivity index (χ1) is 14.6. The molecule has 4 heterocycles. The summed E-state index contributed by atoms with van der Waals surface area (Å²) in [5.74, 6) is 1.31. The van der Waals surface area contributed by atoms with Gasteiger partial charge in [-0.3, -0.25) is 0 Å². The van der Waals surface area contributed by atoms with Gasteiger partial charge in [0.05, 0.1) is 24.6 Å². The number of benzene rings is 1. The van der Waals surface area contributed by atoms with E-state index in [0.717, 1.165) is 47.0 Å². The molecule has 1 aliphatic rings. The number of hydrogen-bond acceptors (Lipinski definition) is 6. The summed E-state index contributed by atoms with van der Waals surface area (Å²) in [6.07, 6.45) is 1.93. The molecule has 5 rings (SSSR count). The Bertz CT molecular complexity index is 1210. The molecule has 1 N–H and O–H groups in total. The lowest BCUT2D eigenvalue weighted by atomic mass is 10.1. The lowest BCUT2D eigenvalue weighted by Gasteiger charge is -2.29. The summed E-state index contributed by atoms with van der Waals surface area (Å²) in [6, 6.07) is 12.3. The van der Waals surface area contributed by atoms with E-state index in [9.17, 15) is 5.11 Å². The van der Waals surface area contributed by atoms with Crippen LogP contribution in [0.15, 0.2) is 42.6 Å². The maximum atomic E-state index is 9.70. The molecule has 8 heteroatoms. The van der Waals surface area contributed by atoms with E-state index in [1.807, 2.05) is 36.0 Å². The Balaban J connectivity index is 1.63. The van der Waals surface area contributed by atoms with E-state index in [1.165, 1.54) is 5.56 Å². The van der Waals surface area contributed by atoms with Gasteiger partial charge in [-0.25, -0.2) is 14.6 Å². The van der Waals surface area contributed by atoms with Crippen LogP contribution in [0.25, 0.3) is 28.2 Å². The number of aromatic nitrogens is 5. The predicted octanol–water partition coefficient (Wildman–Crippen LogP) is 2.46. The zero-order valence-electron chi connectivity index (χ0n) is 17.1. The molecule has 0 atom stereocenters. The number of rotatable bonds is 4. The maximum absolute atomic E-state index is 9.70. The lowest BCUT2D eigenvalue weighted by molar-refractivity contribution is 0.123. The zero-order valence-corrected chi connectivity index (χ0v) is 17.1. The molecule has 0 radical (unpaired) electrons. The molecular formula is C22H24N6O2. The summed E-state index contributed by atoms with van der Waals surface area (Å²) < 4.78 is 9.16. The third kappa shape index (κ3) is 3.24. The molecule has 0 spiro atoms. The Kier molecular flexibility index (Phi) is 4.72. The highest BCUT2D eigenvalue weighted by molar-refractivity contribution is 5.88. The summed E-state index contributed by atoms with van der Waals surface area (Å²) in [6.45, 7) is 4.88. The van der Waals surface area contributed by atoms with Crippen molar-refractivity contribution in [2.24, 2.45) is 7.05 Å². The molecule has 0 unspecified atom stereocenters. The first-order valence-electron chi connectivity index (χ1n) is 10.1. The normalized spacial score (nSPS) is 14.6. The largest absolute Gasteiger partial charge is 0.388 e. The standard InChI is InChI=1S/C22H24N6O2/c1-15-4-3-5-16(12-15)17-6-7-28(25-17)19-13-18(27-8-10-30-11-9-27)21-22(24-19)26(2)20(14-29)23-21/h3-7,12-13,29H,8-11,14H2,1-2H3. The molecule has 30 heavy (non-hydrogen) atoms. The van der Waals surface area contributed by atoms with Crippen molar-refractivity contribution < 1.29 is 9.84 Å². The molecule has 1 aliphatic heterocycles. The van der Waals surface area contributed by atoms with Crippen LogP contribution in [0.1, 0.15) is 11.4 Å². The monoisotopic (exact) mass is 404 g/mol. The van der Waals surface area contributed by atoms with Crippen LogP contribution in [0.5, 0.6) is 0 Å². The molecule has 1 fully saturated rings. The minimum absolute atomic E-state index is 0.135. The molecule has 0 saturated carbocycles. The van der Waals surface area contributed by atoms with Gasteiger partial charge in [-0.05, 0) is 19.1 Å². The topological polar surface area (TPSA) is 81.2 Å². The van der Waals surface area contributed by atoms with E-state index < -0.39 is 0 Å². The summed E-state index contributed by atoms with van der Waals surface area (Å²) in [4.78, 5) is 11.7. The van der Waals surface area contributed by atoms with Crippen molar-refractivity contribution in [1.82, 2.24) is 24.3 Å². The van der Waals surface area contributed by atoms with Crippen molar-refractivity contribution in [3.05, 3.63) is 54.0 Å². The van der Waals surface area contributed by atoms with Crippen LogP contribution in [0.2, 0.25) is 0 Å². The Morgan fingerprint density at radius 3 is 2.70 bits per heavy atom. The first-order valence-corrected chi connectivity index (χ1v) is 10.1. The SMILES string of the molecule is Cc1cccc(-c2ccn(-c3cc(N4CCOCC4)c4nc(CO)n(C)c4n3)n2)c1. The molecular weight excluding hydrogens is 380 g/mol. The average molecular weight is 404 g/mol. The third-order valence-electron chi connectivity index (χ3n) is 5.52. The van der Waals surface area contributed by atoms with E-state index in [-0.39, 0.29) is 6.61 Å². The van der Waals surface area contributed by atoms with Gasteiger partial charge in [0.2, 0.25) is 0 Å². The number of aliphatic hydroxyl groups excluding tert-OH is 1. The van der Waals surface area contributed by atoms with Crippen molar-refractivity contribution in [2.45, 2.75) is 13.5 Å². The number of anilines is 1. The van der Waals surface area contributed by atoms with Crippen molar-refractivity contribution in [2.75, 3.05) is 31.2 Å². The van der Waals surface area contributed by atoms with Crippen LogP contribution < -0.4 is 4.90 Å². The Hall–Kier alpha value is -3.23. The fraction of sp³-hybridized carbons (Fsp3) is 0.318. The van der Waals surface area contributed by atoms with Gasteiger partial charge in [-0.1, -0.05) is 23.8 Å². The number of imidazole rings is 1. The van der Waals surface area contributed by atoms with Gasteiger partial charge in [0.25, 0.3) is 0 Å². The van der Waals surface area contributed by atoms with E-state index in [0.29, 0.717) is 19.0 Å². The number of fused-ring (bicyclic) bond motifs is 1. The van der Waals surface area contributed by atoms with Gasteiger partial charge in [0.15, 0.2) is 11.5 Å². The summed E-state index contributed by atoms with van der Waals surface area (Å²) in [5, 5.41) is 14.5. The maximum Gasteiger partial charge on any atom is 0.164 e. The molecule has 4 aromatic rings. The highest BCUT2D eigenvalue weighted by Crippen LogP contribution is 2.29. The first kappa shape index (κ1) is 18.8. The second-order valence-electron chi connectivity index (χ2n) is 7.53. The van der Waals surface area contributed by atoms with Gasteiger partial charge < -0.3 is 19.3 Å². The molecule has 0 amide bonds. The number of hydrogen-bond donors (Lipinski definition) is 1. The van der Waals surface area contributed by atoms with Crippen LogP contribution >= 0.6 is 0 Å². The number of ether oxygens (including phenoxy) is 1. The van der Waals surface area contributed by atoms with Crippen molar-refractivity contribution in [3.8, 4) is 17.1 Å². The minimum atomic E-state index is -0.135. The van der Waals surface area contributed by atoms with Crippen molar-refractivity contribution >= 4 is 16.9 Å². The molecule has 1 aromatic carbocycles. The highest BCUT2D eigenvalue weighted by Gasteiger charge is 2.21. The van der Waals surface area contributed by atoms with E-state index >= 15 is 0 Å². The quantitative estimate of drug-likeness (QED) is 0.563. The lowest BCUT2D eigenvalue weighted by Crippen LogP contribution is -2.36. The van der Waals surface area contributed by atoms with Crippen LogP contribution in [0.4, 0.5) is 5.69 Å². The molecule has 3 aromatic heterocycles. The van der Waals surface area contributed by atoms with Gasteiger partial charge >= 0.3 is 0 Å². The number of morpholine rings is 1. The smallest absolute Gasteiger partial charge is 0.164 e. The summed E-state index contributed by atoms with van der Waals surface area (Å²) >= 11 is 0. The Morgan fingerprint density at radius 2 is 1.93 bits per heavy atom. The Morgan fingerprint density at radius 1 is 1.10 bits per heavy atom. The number of aliphatic hydroxyl groups is 1. The third-order valence-corrected chi connectivity index (χ3v) is 5.52. The van der Waals surface area contributed by atoms with Gasteiger partial charge in [-0.15, -0.1) is 0 Å². The second kappa shape index (κ2) is 7.55. The molecule has 0 aliphatic carbocycles. The number of aryl methyl sites for hydroxylation is 2. The summed E-state index contributed by atoms with van der Waals surface area (Å²) in [7, 11) is 1.88. The number of pyridine rings is 1. The number of nitrogens with zero attached hydrogens (tertiary/aromatic N) is 6. The van der Waals surface area contributed by atoms with Gasteiger partial charge in [0.1, 0.15) is 17.9 Å². The van der Waals surface area contributed by atoms with E-state index in [1.54, 1.807) is 4.68 Å². The van der Waals surface area contributed by atoms with Crippen molar-refractivity contribution in [3.63, 3.8) is 0 Å². The van der Waals surface area contributed by atoms with Crippen LogP contribution in [-0.2, 0) is 18.4 Å². The van der Waals surface area contributed by atoms with Gasteiger partial charge in [-0.2, -0.15) is 5.10 Å². The predicted molar refractivity (Wildman–Crippen MR) is 115 cm³/mol. The van der Waals surface area contributed by atoms with Crippen LogP contribution in [-0.4, -0.2) is 55.7 Å². The van der Waals surface area contributed by atoms with E-state index in [4.69, 9.17) is 14.8 Å². The zero-order chi connectivity index (χ0) is 20.7. The molecule has 1 saturated heterocycles. The highest BCUT2D eigenvalue weighted by atomic mass is 16.5. The fourth-order valence-corrected chi connectivity index (χ4v) is 3.88. The molecule has 154 valence electrons.